The fourth-order valence-electron chi connectivity index (χ4n) is 2.95. The Hall–Kier alpha value is -1.87. The van der Waals surface area contributed by atoms with Crippen LogP contribution in [0.25, 0.3) is 0 Å². The molecule has 0 bridgehead atoms. The minimum absolute atomic E-state index is 0.457. The number of benzene rings is 1. The number of nitrogens with zero attached hydrogens (tertiary/aromatic N) is 2. The third kappa shape index (κ3) is 3.47. The molecule has 1 aliphatic heterocycles. The van der Waals surface area contributed by atoms with Crippen molar-refractivity contribution in [1.82, 2.24) is 9.88 Å². The Morgan fingerprint density at radius 2 is 2.14 bits per heavy atom. The normalized spacial score (nSPS) is 14.7. The van der Waals surface area contributed by atoms with E-state index in [1.807, 2.05) is 12.3 Å². The van der Waals surface area contributed by atoms with E-state index in [-0.39, 0.29) is 0 Å². The van der Waals surface area contributed by atoms with Crippen LogP contribution in [-0.2, 0) is 19.4 Å². The summed E-state index contributed by atoms with van der Waals surface area (Å²) in [5.41, 5.74) is 5.15. The van der Waals surface area contributed by atoms with Crippen molar-refractivity contribution in [2.75, 3.05) is 13.7 Å². The van der Waals surface area contributed by atoms with Crippen LogP contribution in [0, 0.1) is 6.92 Å². The van der Waals surface area contributed by atoms with Crippen molar-refractivity contribution in [2.24, 2.45) is 0 Å². The molecule has 1 aliphatic rings. The minimum atomic E-state index is 0.457. The van der Waals surface area contributed by atoms with Crippen LogP contribution in [-0.4, -0.2) is 29.6 Å². The van der Waals surface area contributed by atoms with Crippen molar-refractivity contribution in [2.45, 2.75) is 39.3 Å². The molecule has 3 rings (SSSR count). The van der Waals surface area contributed by atoms with Gasteiger partial charge in [-0.2, -0.15) is 0 Å². The molecule has 116 valence electrons. The Labute approximate surface area is 132 Å². The predicted octanol–water partition coefficient (Wildman–Crippen LogP) is 3.39. The van der Waals surface area contributed by atoms with E-state index in [9.17, 15) is 0 Å². The quantitative estimate of drug-likeness (QED) is 0.845. The molecule has 3 heteroatoms. The summed E-state index contributed by atoms with van der Waals surface area (Å²) in [6.45, 7) is 6.16. The number of rotatable bonds is 5. The molecular weight excluding hydrogens is 272 g/mol. The molecule has 0 saturated heterocycles. The van der Waals surface area contributed by atoms with Gasteiger partial charge in [0.25, 0.3) is 0 Å². The lowest BCUT2D eigenvalue weighted by molar-refractivity contribution is 0.247. The number of hydrogen-bond acceptors (Lipinski definition) is 3. The molecular formula is C19H24N2O. The van der Waals surface area contributed by atoms with Gasteiger partial charge in [-0.25, -0.2) is 0 Å². The Balaban J connectivity index is 1.62. The van der Waals surface area contributed by atoms with Crippen molar-refractivity contribution in [3.8, 4) is 5.75 Å². The van der Waals surface area contributed by atoms with E-state index in [1.165, 1.54) is 22.4 Å². The molecule has 0 fully saturated rings. The van der Waals surface area contributed by atoms with Gasteiger partial charge in [-0.1, -0.05) is 12.1 Å². The van der Waals surface area contributed by atoms with Gasteiger partial charge in [0.15, 0.2) is 0 Å². The third-order valence-corrected chi connectivity index (χ3v) is 4.41. The molecule has 0 spiro atoms. The van der Waals surface area contributed by atoms with Crippen molar-refractivity contribution >= 4 is 0 Å². The molecule has 0 saturated carbocycles. The van der Waals surface area contributed by atoms with E-state index in [1.54, 1.807) is 0 Å². The maximum atomic E-state index is 5.57. The van der Waals surface area contributed by atoms with Crippen molar-refractivity contribution in [1.29, 1.82) is 0 Å². The summed E-state index contributed by atoms with van der Waals surface area (Å²) in [6, 6.07) is 11.3. The van der Waals surface area contributed by atoms with Gasteiger partial charge >= 0.3 is 0 Å². The van der Waals surface area contributed by atoms with Gasteiger partial charge in [0.2, 0.25) is 0 Å². The lowest BCUT2D eigenvalue weighted by Crippen LogP contribution is -2.30. The highest BCUT2D eigenvalue weighted by atomic mass is 16.5. The van der Waals surface area contributed by atoms with Crippen LogP contribution in [0.3, 0.4) is 0 Å². The van der Waals surface area contributed by atoms with Gasteiger partial charge in [0.05, 0.1) is 6.61 Å². The number of hydrogen-bond donors (Lipinski definition) is 0. The highest BCUT2D eigenvalue weighted by Crippen LogP contribution is 2.26. The highest BCUT2D eigenvalue weighted by Gasteiger charge is 2.15. The molecule has 0 aliphatic carbocycles. The second-order valence-corrected chi connectivity index (χ2v) is 6.33. The number of aryl methyl sites for hydroxylation is 1. The SMILES string of the molecule is Cc1ccnc(C[C@@H](C)N(C)Cc2ccc3c(c2)CCO3)c1. The summed E-state index contributed by atoms with van der Waals surface area (Å²) in [5.74, 6) is 1.06. The number of fused-ring (bicyclic) bond motifs is 1. The average Bonchev–Trinajstić information content (AvgIpc) is 2.94. The van der Waals surface area contributed by atoms with Crippen LogP contribution in [0.1, 0.15) is 29.3 Å². The van der Waals surface area contributed by atoms with Gasteiger partial charge < -0.3 is 4.74 Å². The summed E-state index contributed by atoms with van der Waals surface area (Å²) >= 11 is 0. The van der Waals surface area contributed by atoms with Crippen LogP contribution in [0.15, 0.2) is 36.5 Å². The molecule has 3 nitrogen and oxygen atoms in total. The van der Waals surface area contributed by atoms with Crippen molar-refractivity contribution in [3.05, 3.63) is 58.9 Å². The minimum Gasteiger partial charge on any atom is -0.493 e. The number of pyridine rings is 1. The Morgan fingerprint density at radius 1 is 1.27 bits per heavy atom. The first-order valence-electron chi connectivity index (χ1n) is 7.98. The average molecular weight is 296 g/mol. The molecule has 0 radical (unpaired) electrons. The Morgan fingerprint density at radius 3 is 2.95 bits per heavy atom. The number of likely N-dealkylation sites (N-methyl/N-ethyl adjacent to an activating group) is 1. The van der Waals surface area contributed by atoms with Gasteiger partial charge in [0, 0.05) is 37.3 Å². The zero-order valence-corrected chi connectivity index (χ0v) is 13.7. The predicted molar refractivity (Wildman–Crippen MR) is 89.2 cm³/mol. The van der Waals surface area contributed by atoms with Gasteiger partial charge in [-0.3, -0.25) is 9.88 Å². The lowest BCUT2D eigenvalue weighted by Gasteiger charge is -2.25. The topological polar surface area (TPSA) is 25.4 Å². The van der Waals surface area contributed by atoms with Gasteiger partial charge in [-0.05, 0) is 55.8 Å². The molecule has 1 atom stereocenters. The number of ether oxygens (including phenoxy) is 1. The van der Waals surface area contributed by atoms with E-state index in [4.69, 9.17) is 4.74 Å². The molecule has 1 aromatic heterocycles. The van der Waals surface area contributed by atoms with Crippen LogP contribution in [0.2, 0.25) is 0 Å². The Kier molecular flexibility index (Phi) is 4.44. The summed E-state index contributed by atoms with van der Waals surface area (Å²) < 4.78 is 5.57. The molecule has 0 amide bonds. The van der Waals surface area contributed by atoms with Crippen molar-refractivity contribution < 1.29 is 4.74 Å². The lowest BCUT2D eigenvalue weighted by atomic mass is 10.1. The molecule has 2 heterocycles. The summed E-state index contributed by atoms with van der Waals surface area (Å²) in [5, 5.41) is 0. The standard InChI is InChI=1S/C19H24N2O/c1-14-6-8-20-18(10-14)11-15(2)21(3)13-16-4-5-19-17(12-16)7-9-22-19/h4-6,8,10,12,15H,7,9,11,13H2,1-3H3/t15-/m1/s1. The highest BCUT2D eigenvalue weighted by molar-refractivity contribution is 5.39. The summed E-state index contributed by atoms with van der Waals surface area (Å²) in [6.07, 6.45) is 3.92. The summed E-state index contributed by atoms with van der Waals surface area (Å²) in [7, 11) is 2.18. The fraction of sp³-hybridized carbons (Fsp3) is 0.421. The van der Waals surface area contributed by atoms with Crippen molar-refractivity contribution in [3.63, 3.8) is 0 Å². The monoisotopic (exact) mass is 296 g/mol. The second-order valence-electron chi connectivity index (χ2n) is 6.33. The molecule has 22 heavy (non-hydrogen) atoms. The Bertz CT molecular complexity index is 654. The maximum Gasteiger partial charge on any atom is 0.122 e. The van der Waals surface area contributed by atoms with Crippen LogP contribution < -0.4 is 4.74 Å². The zero-order chi connectivity index (χ0) is 15.5. The fourth-order valence-corrected chi connectivity index (χ4v) is 2.95. The van der Waals surface area contributed by atoms with Gasteiger partial charge in [-0.15, -0.1) is 0 Å². The van der Waals surface area contributed by atoms with Crippen LogP contribution in [0.4, 0.5) is 0 Å². The first kappa shape index (κ1) is 15.0. The molecule has 2 aromatic rings. The molecule has 1 aromatic carbocycles. The van der Waals surface area contributed by atoms with E-state index in [0.29, 0.717) is 6.04 Å². The largest absolute Gasteiger partial charge is 0.493 e. The first-order valence-corrected chi connectivity index (χ1v) is 7.98. The van der Waals surface area contributed by atoms with E-state index in [0.717, 1.165) is 31.7 Å². The third-order valence-electron chi connectivity index (χ3n) is 4.41. The second kappa shape index (κ2) is 6.49. The molecule has 0 N–H and O–H groups in total. The van der Waals surface area contributed by atoms with Crippen LogP contribution >= 0.6 is 0 Å². The number of aromatic nitrogens is 1. The molecule has 0 unspecified atom stereocenters. The van der Waals surface area contributed by atoms with E-state index in [2.05, 4.69) is 55.0 Å². The summed E-state index contributed by atoms with van der Waals surface area (Å²) in [4.78, 5) is 6.86. The smallest absolute Gasteiger partial charge is 0.122 e. The van der Waals surface area contributed by atoms with Crippen LogP contribution in [0.5, 0.6) is 5.75 Å². The maximum absolute atomic E-state index is 5.57. The van der Waals surface area contributed by atoms with E-state index >= 15 is 0 Å². The first-order chi connectivity index (χ1) is 10.6. The zero-order valence-electron chi connectivity index (χ0n) is 13.7. The van der Waals surface area contributed by atoms with E-state index < -0.39 is 0 Å². The van der Waals surface area contributed by atoms with Gasteiger partial charge in [0.1, 0.15) is 5.75 Å².